The van der Waals surface area contributed by atoms with Crippen LogP contribution in [0.25, 0.3) is 11.1 Å². The van der Waals surface area contributed by atoms with Crippen LogP contribution in [0.2, 0.25) is 0 Å². The van der Waals surface area contributed by atoms with Gasteiger partial charge >= 0.3 is 5.97 Å². The molecular weight excluding hydrogens is 364 g/mol. The number of rotatable bonds is 6. The first kappa shape index (κ1) is 18.7. The van der Waals surface area contributed by atoms with Gasteiger partial charge in [0, 0.05) is 12.5 Å². The van der Waals surface area contributed by atoms with Gasteiger partial charge in [-0.15, -0.1) is 0 Å². The van der Waals surface area contributed by atoms with E-state index in [1.165, 1.54) is 53.3 Å². The number of carboxylic acid groups (broad SMARTS) is 1. The van der Waals surface area contributed by atoms with Gasteiger partial charge in [-0.05, 0) is 96.9 Å². The number of hydrogen-bond acceptors (Lipinski definition) is 3. The summed E-state index contributed by atoms with van der Waals surface area (Å²) in [5, 5.41) is 9.87. The molecule has 0 amide bonds. The van der Waals surface area contributed by atoms with Crippen molar-refractivity contribution < 1.29 is 19.4 Å². The number of ether oxygens (including phenoxy) is 2. The molecular formula is C25H28O4. The SMILES string of the molecule is COC(C(=O)O)C1(c2c(C)ccc(C3CC3)c2-c2ccc3c(c2)CCCO3)CC1. The number of carboxylic acids is 1. The third kappa shape index (κ3) is 3.05. The van der Waals surface area contributed by atoms with Crippen molar-refractivity contribution in [2.24, 2.45) is 0 Å². The summed E-state index contributed by atoms with van der Waals surface area (Å²) in [4.78, 5) is 12.0. The first-order valence-electron chi connectivity index (χ1n) is 10.7. The van der Waals surface area contributed by atoms with Crippen LogP contribution in [0.15, 0.2) is 30.3 Å². The standard InChI is InChI=1S/C25H28O4/c1-15-5-9-19(16-6-7-16)21(18-8-10-20-17(14-18)4-3-13-29-20)22(15)25(11-12-25)23(28-2)24(26)27/h5,8-10,14,16,23H,3-4,6-7,11-13H2,1-2H3,(H,26,27). The van der Waals surface area contributed by atoms with E-state index in [4.69, 9.17) is 9.47 Å². The van der Waals surface area contributed by atoms with Crippen LogP contribution in [0.4, 0.5) is 0 Å². The van der Waals surface area contributed by atoms with Crippen molar-refractivity contribution in [1.82, 2.24) is 0 Å². The molecule has 0 aromatic heterocycles. The largest absolute Gasteiger partial charge is 0.493 e. The molecule has 1 N–H and O–H groups in total. The second-order valence-corrected chi connectivity index (χ2v) is 8.88. The minimum absolute atomic E-state index is 0.433. The summed E-state index contributed by atoms with van der Waals surface area (Å²) in [5.41, 5.74) is 7.00. The Hall–Kier alpha value is -2.33. The minimum atomic E-state index is -0.869. The molecule has 5 rings (SSSR count). The van der Waals surface area contributed by atoms with Gasteiger partial charge in [0.2, 0.25) is 0 Å². The van der Waals surface area contributed by atoms with Crippen molar-refractivity contribution in [2.45, 2.75) is 62.9 Å². The Morgan fingerprint density at radius 3 is 2.69 bits per heavy atom. The second kappa shape index (κ2) is 6.88. The molecule has 0 radical (unpaired) electrons. The molecule has 2 saturated carbocycles. The van der Waals surface area contributed by atoms with Crippen LogP contribution < -0.4 is 4.74 Å². The Labute approximate surface area is 171 Å². The number of aliphatic carboxylic acids is 1. The highest BCUT2D eigenvalue weighted by Crippen LogP contribution is 2.58. The topological polar surface area (TPSA) is 55.8 Å². The van der Waals surface area contributed by atoms with Gasteiger partial charge in [0.05, 0.1) is 6.61 Å². The van der Waals surface area contributed by atoms with Crippen LogP contribution in [-0.4, -0.2) is 30.9 Å². The van der Waals surface area contributed by atoms with Crippen LogP contribution in [0, 0.1) is 6.92 Å². The Kier molecular flexibility index (Phi) is 4.43. The maximum Gasteiger partial charge on any atom is 0.333 e. The van der Waals surface area contributed by atoms with Crippen molar-refractivity contribution in [1.29, 1.82) is 0 Å². The Balaban J connectivity index is 1.72. The molecule has 2 aromatic carbocycles. The van der Waals surface area contributed by atoms with E-state index in [1.54, 1.807) is 0 Å². The van der Waals surface area contributed by atoms with Gasteiger partial charge in [-0.3, -0.25) is 0 Å². The fraction of sp³-hybridized carbons (Fsp3) is 0.480. The molecule has 1 aliphatic heterocycles. The van der Waals surface area contributed by atoms with Gasteiger partial charge in [-0.2, -0.15) is 0 Å². The molecule has 4 nitrogen and oxygen atoms in total. The van der Waals surface area contributed by atoms with E-state index in [0.717, 1.165) is 38.0 Å². The van der Waals surface area contributed by atoms with Gasteiger partial charge in [0.1, 0.15) is 5.75 Å². The Morgan fingerprint density at radius 2 is 2.03 bits per heavy atom. The number of fused-ring (bicyclic) bond motifs is 1. The van der Waals surface area contributed by atoms with Crippen LogP contribution in [0.3, 0.4) is 0 Å². The summed E-state index contributed by atoms with van der Waals surface area (Å²) in [6.07, 6.45) is 5.40. The molecule has 3 aliphatic rings. The van der Waals surface area contributed by atoms with Crippen molar-refractivity contribution in [2.75, 3.05) is 13.7 Å². The fourth-order valence-corrected chi connectivity index (χ4v) is 5.27. The van der Waals surface area contributed by atoms with E-state index in [9.17, 15) is 9.90 Å². The average Bonchev–Trinajstić information content (AvgIpc) is 3.63. The highest BCUT2D eigenvalue weighted by Gasteiger charge is 2.56. The fourth-order valence-electron chi connectivity index (χ4n) is 5.27. The van der Waals surface area contributed by atoms with Crippen molar-refractivity contribution in [3.05, 3.63) is 52.6 Å². The molecule has 0 bridgehead atoms. The molecule has 0 saturated heterocycles. The summed E-state index contributed by atoms with van der Waals surface area (Å²) in [6.45, 7) is 2.90. The zero-order valence-electron chi connectivity index (χ0n) is 17.2. The maximum absolute atomic E-state index is 12.0. The predicted molar refractivity (Wildman–Crippen MR) is 112 cm³/mol. The molecule has 0 spiro atoms. The van der Waals surface area contributed by atoms with Crippen molar-refractivity contribution in [3.63, 3.8) is 0 Å². The first-order chi connectivity index (χ1) is 14.0. The molecule has 1 atom stereocenters. The van der Waals surface area contributed by atoms with E-state index >= 15 is 0 Å². The maximum atomic E-state index is 12.0. The summed E-state index contributed by atoms with van der Waals surface area (Å²) in [7, 11) is 1.52. The Bertz CT molecular complexity index is 969. The van der Waals surface area contributed by atoms with Crippen LogP contribution in [0.5, 0.6) is 5.75 Å². The number of methoxy groups -OCH3 is 1. The second-order valence-electron chi connectivity index (χ2n) is 8.88. The van der Waals surface area contributed by atoms with Gasteiger partial charge in [-0.1, -0.05) is 18.2 Å². The molecule has 1 heterocycles. The van der Waals surface area contributed by atoms with Gasteiger partial charge in [-0.25, -0.2) is 4.79 Å². The van der Waals surface area contributed by atoms with E-state index in [-0.39, 0.29) is 0 Å². The number of carbonyl (C=O) groups is 1. The molecule has 152 valence electrons. The normalized spacial score (nSPS) is 20.5. The summed E-state index contributed by atoms with van der Waals surface area (Å²) in [6, 6.07) is 11.0. The predicted octanol–water partition coefficient (Wildman–Crippen LogP) is 5.00. The third-order valence-corrected chi connectivity index (χ3v) is 6.91. The molecule has 2 aromatic rings. The third-order valence-electron chi connectivity index (χ3n) is 6.91. The molecule has 1 unspecified atom stereocenters. The zero-order valence-corrected chi connectivity index (χ0v) is 17.2. The minimum Gasteiger partial charge on any atom is -0.493 e. The Morgan fingerprint density at radius 1 is 1.24 bits per heavy atom. The van der Waals surface area contributed by atoms with E-state index < -0.39 is 17.5 Å². The van der Waals surface area contributed by atoms with Gasteiger partial charge < -0.3 is 14.6 Å². The summed E-state index contributed by atoms with van der Waals surface area (Å²) < 4.78 is 11.4. The smallest absolute Gasteiger partial charge is 0.333 e. The zero-order chi connectivity index (χ0) is 20.2. The molecule has 2 aliphatic carbocycles. The number of aryl methyl sites for hydroxylation is 2. The van der Waals surface area contributed by atoms with Crippen LogP contribution in [0.1, 0.15) is 60.3 Å². The van der Waals surface area contributed by atoms with Gasteiger partial charge in [0.15, 0.2) is 6.10 Å². The average molecular weight is 392 g/mol. The lowest BCUT2D eigenvalue weighted by Crippen LogP contribution is -2.36. The number of benzene rings is 2. The lowest BCUT2D eigenvalue weighted by Gasteiger charge is -2.29. The lowest BCUT2D eigenvalue weighted by atomic mass is 9.78. The van der Waals surface area contributed by atoms with Crippen molar-refractivity contribution >= 4 is 5.97 Å². The van der Waals surface area contributed by atoms with Crippen LogP contribution in [-0.2, 0) is 21.4 Å². The van der Waals surface area contributed by atoms with Gasteiger partial charge in [0.25, 0.3) is 0 Å². The molecule has 2 fully saturated rings. The first-order valence-corrected chi connectivity index (χ1v) is 10.7. The molecule has 29 heavy (non-hydrogen) atoms. The van der Waals surface area contributed by atoms with E-state index in [0.29, 0.717) is 5.92 Å². The lowest BCUT2D eigenvalue weighted by molar-refractivity contribution is -0.150. The monoisotopic (exact) mass is 392 g/mol. The quantitative estimate of drug-likeness (QED) is 0.752. The molecule has 4 heteroatoms. The van der Waals surface area contributed by atoms with Crippen LogP contribution >= 0.6 is 0 Å². The highest BCUT2D eigenvalue weighted by molar-refractivity contribution is 5.82. The van der Waals surface area contributed by atoms with Crippen molar-refractivity contribution in [3.8, 4) is 16.9 Å². The highest BCUT2D eigenvalue weighted by atomic mass is 16.5. The van der Waals surface area contributed by atoms with E-state index in [2.05, 4.69) is 37.3 Å². The number of hydrogen-bond donors (Lipinski definition) is 1. The summed E-state index contributed by atoms with van der Waals surface area (Å²) >= 11 is 0. The van der Waals surface area contributed by atoms with E-state index in [1.807, 2.05) is 0 Å². The summed E-state index contributed by atoms with van der Waals surface area (Å²) in [5.74, 6) is 0.702.